The van der Waals surface area contributed by atoms with E-state index in [9.17, 15) is 0 Å². The number of halogens is 1. The van der Waals surface area contributed by atoms with Gasteiger partial charge in [0, 0.05) is 0 Å². The summed E-state index contributed by atoms with van der Waals surface area (Å²) in [6.07, 6.45) is 2.71. The largest absolute Gasteiger partial charge is 0.496 e. The molecule has 0 saturated carbocycles. The van der Waals surface area contributed by atoms with Gasteiger partial charge < -0.3 is 10.1 Å². The maximum atomic E-state index is 5.23. The van der Waals surface area contributed by atoms with Gasteiger partial charge in [-0.05, 0) is 46.6 Å². The standard InChI is InChI=1S/C14H19BrN4O/c1-3-6-16-8-14-17-10-18-19(14)9-11-4-5-13(20-2)12(15)7-11/h4-5,7,10,16H,3,6,8-9H2,1-2H3. The summed E-state index contributed by atoms with van der Waals surface area (Å²) < 4.78 is 8.09. The first kappa shape index (κ1) is 15.0. The number of methoxy groups -OCH3 is 1. The molecule has 6 heteroatoms. The minimum atomic E-state index is 0.700. The minimum Gasteiger partial charge on any atom is -0.496 e. The topological polar surface area (TPSA) is 52.0 Å². The van der Waals surface area contributed by atoms with Crippen LogP contribution in [0.5, 0.6) is 5.75 Å². The second-order valence-corrected chi connectivity index (χ2v) is 5.33. The zero-order valence-electron chi connectivity index (χ0n) is 11.8. The molecule has 0 aliphatic carbocycles. The predicted octanol–water partition coefficient (Wildman–Crippen LogP) is 2.60. The fourth-order valence-electron chi connectivity index (χ4n) is 1.92. The molecule has 0 bridgehead atoms. The summed E-state index contributed by atoms with van der Waals surface area (Å²) in [6, 6.07) is 6.03. The summed E-state index contributed by atoms with van der Waals surface area (Å²) in [5, 5.41) is 7.62. The number of benzene rings is 1. The number of hydrogen-bond acceptors (Lipinski definition) is 4. The Balaban J connectivity index is 2.06. The molecule has 0 aliphatic heterocycles. The number of nitrogens with one attached hydrogen (secondary N) is 1. The van der Waals surface area contributed by atoms with Crippen LogP contribution in [0.2, 0.25) is 0 Å². The van der Waals surface area contributed by atoms with Crippen molar-refractivity contribution in [2.24, 2.45) is 0 Å². The Hall–Kier alpha value is -1.40. The van der Waals surface area contributed by atoms with E-state index in [0.717, 1.165) is 41.1 Å². The van der Waals surface area contributed by atoms with Gasteiger partial charge in [-0.1, -0.05) is 13.0 Å². The third-order valence-corrected chi connectivity index (χ3v) is 3.57. The summed E-state index contributed by atoms with van der Waals surface area (Å²) >= 11 is 3.50. The summed E-state index contributed by atoms with van der Waals surface area (Å²) in [7, 11) is 1.66. The van der Waals surface area contributed by atoms with Crippen molar-refractivity contribution < 1.29 is 4.74 Å². The van der Waals surface area contributed by atoms with Crippen LogP contribution in [-0.4, -0.2) is 28.4 Å². The van der Waals surface area contributed by atoms with Gasteiger partial charge in [0.2, 0.25) is 0 Å². The van der Waals surface area contributed by atoms with Crippen LogP contribution in [0.25, 0.3) is 0 Å². The number of nitrogens with zero attached hydrogens (tertiary/aromatic N) is 3. The van der Waals surface area contributed by atoms with Gasteiger partial charge in [0.15, 0.2) is 0 Å². The Morgan fingerprint density at radius 2 is 2.25 bits per heavy atom. The lowest BCUT2D eigenvalue weighted by molar-refractivity contribution is 0.412. The molecule has 0 atom stereocenters. The van der Waals surface area contributed by atoms with Gasteiger partial charge in [0.05, 0.1) is 24.7 Å². The molecule has 2 aromatic rings. The monoisotopic (exact) mass is 338 g/mol. The Bertz CT molecular complexity index is 556. The van der Waals surface area contributed by atoms with Crippen LogP contribution in [0.15, 0.2) is 29.0 Å². The maximum Gasteiger partial charge on any atom is 0.141 e. The lowest BCUT2D eigenvalue weighted by atomic mass is 10.2. The minimum absolute atomic E-state index is 0.700. The Labute approximate surface area is 127 Å². The molecule has 1 aromatic heterocycles. The quantitative estimate of drug-likeness (QED) is 0.788. The Morgan fingerprint density at radius 3 is 2.95 bits per heavy atom. The summed E-state index contributed by atoms with van der Waals surface area (Å²) in [6.45, 7) is 4.57. The highest BCUT2D eigenvalue weighted by molar-refractivity contribution is 9.10. The van der Waals surface area contributed by atoms with Crippen LogP contribution in [0.1, 0.15) is 24.7 Å². The van der Waals surface area contributed by atoms with Gasteiger partial charge in [-0.3, -0.25) is 0 Å². The second kappa shape index (κ2) is 7.40. The molecule has 0 radical (unpaired) electrons. The van der Waals surface area contributed by atoms with Crippen molar-refractivity contribution in [1.82, 2.24) is 20.1 Å². The number of aromatic nitrogens is 3. The highest BCUT2D eigenvalue weighted by Crippen LogP contribution is 2.25. The molecule has 2 rings (SSSR count). The van der Waals surface area contributed by atoms with Crippen LogP contribution >= 0.6 is 15.9 Å². The van der Waals surface area contributed by atoms with Crippen molar-refractivity contribution >= 4 is 15.9 Å². The van der Waals surface area contributed by atoms with E-state index in [1.807, 2.05) is 22.9 Å². The maximum absolute atomic E-state index is 5.23. The van der Waals surface area contributed by atoms with Gasteiger partial charge in [0.1, 0.15) is 17.9 Å². The normalized spacial score (nSPS) is 10.8. The van der Waals surface area contributed by atoms with Crippen LogP contribution in [0.3, 0.4) is 0 Å². The van der Waals surface area contributed by atoms with E-state index in [1.165, 1.54) is 0 Å². The van der Waals surface area contributed by atoms with Gasteiger partial charge in [-0.25, -0.2) is 9.67 Å². The Morgan fingerprint density at radius 1 is 1.40 bits per heavy atom. The SMILES string of the molecule is CCCNCc1ncnn1Cc1ccc(OC)c(Br)c1. The van der Waals surface area contributed by atoms with Crippen LogP contribution in [0, 0.1) is 0 Å². The van der Waals surface area contributed by atoms with Crippen LogP contribution in [0.4, 0.5) is 0 Å². The van der Waals surface area contributed by atoms with Gasteiger partial charge >= 0.3 is 0 Å². The molecule has 0 amide bonds. The highest BCUT2D eigenvalue weighted by atomic mass is 79.9. The third-order valence-electron chi connectivity index (χ3n) is 2.95. The van der Waals surface area contributed by atoms with Crippen LogP contribution in [-0.2, 0) is 13.1 Å². The molecular formula is C14H19BrN4O. The van der Waals surface area contributed by atoms with Gasteiger partial charge in [-0.2, -0.15) is 5.10 Å². The molecule has 1 N–H and O–H groups in total. The molecule has 108 valence electrons. The summed E-state index contributed by atoms with van der Waals surface area (Å²) in [5.41, 5.74) is 1.15. The molecule has 0 unspecified atom stereocenters. The van der Waals surface area contributed by atoms with E-state index in [-0.39, 0.29) is 0 Å². The van der Waals surface area contributed by atoms with E-state index in [4.69, 9.17) is 4.74 Å². The predicted molar refractivity (Wildman–Crippen MR) is 81.8 cm³/mol. The smallest absolute Gasteiger partial charge is 0.141 e. The van der Waals surface area contributed by atoms with Crippen LogP contribution < -0.4 is 10.1 Å². The van der Waals surface area contributed by atoms with Crippen molar-refractivity contribution in [3.8, 4) is 5.75 Å². The molecule has 1 aromatic carbocycles. The molecule has 0 spiro atoms. The second-order valence-electron chi connectivity index (χ2n) is 4.48. The van der Waals surface area contributed by atoms with Crippen molar-refractivity contribution in [3.05, 3.63) is 40.4 Å². The summed E-state index contributed by atoms with van der Waals surface area (Å²) in [4.78, 5) is 4.29. The van der Waals surface area contributed by atoms with Crippen molar-refractivity contribution in [2.75, 3.05) is 13.7 Å². The average molecular weight is 339 g/mol. The van der Waals surface area contributed by atoms with E-state index < -0.39 is 0 Å². The van der Waals surface area contributed by atoms with E-state index in [1.54, 1.807) is 13.4 Å². The van der Waals surface area contributed by atoms with Gasteiger partial charge in [-0.15, -0.1) is 0 Å². The number of rotatable bonds is 7. The average Bonchev–Trinajstić information content (AvgIpc) is 2.87. The number of ether oxygens (including phenoxy) is 1. The van der Waals surface area contributed by atoms with Gasteiger partial charge in [0.25, 0.3) is 0 Å². The summed E-state index contributed by atoms with van der Waals surface area (Å²) in [5.74, 6) is 1.78. The van der Waals surface area contributed by atoms with E-state index in [0.29, 0.717) is 6.54 Å². The first-order chi connectivity index (χ1) is 9.74. The van der Waals surface area contributed by atoms with E-state index >= 15 is 0 Å². The molecule has 0 saturated heterocycles. The number of hydrogen-bond donors (Lipinski definition) is 1. The lowest BCUT2D eigenvalue weighted by Crippen LogP contribution is -2.18. The zero-order chi connectivity index (χ0) is 14.4. The zero-order valence-corrected chi connectivity index (χ0v) is 13.4. The first-order valence-corrected chi connectivity index (χ1v) is 7.43. The molecule has 20 heavy (non-hydrogen) atoms. The third kappa shape index (κ3) is 3.80. The molecule has 5 nitrogen and oxygen atoms in total. The molecular weight excluding hydrogens is 320 g/mol. The Kier molecular flexibility index (Phi) is 5.55. The van der Waals surface area contributed by atoms with Crippen molar-refractivity contribution in [3.63, 3.8) is 0 Å². The van der Waals surface area contributed by atoms with Crippen molar-refractivity contribution in [2.45, 2.75) is 26.4 Å². The first-order valence-electron chi connectivity index (χ1n) is 6.64. The van der Waals surface area contributed by atoms with E-state index in [2.05, 4.69) is 38.3 Å². The molecule has 0 aliphatic rings. The fraction of sp³-hybridized carbons (Fsp3) is 0.429. The van der Waals surface area contributed by atoms with Crippen molar-refractivity contribution in [1.29, 1.82) is 0 Å². The lowest BCUT2D eigenvalue weighted by Gasteiger charge is -2.09. The molecule has 0 fully saturated rings. The molecule has 1 heterocycles. The fourth-order valence-corrected chi connectivity index (χ4v) is 2.50. The highest BCUT2D eigenvalue weighted by Gasteiger charge is 2.06.